The monoisotopic (exact) mass is 508 g/mol. The van der Waals surface area contributed by atoms with Crippen LogP contribution in [0, 0.1) is 0 Å². The van der Waals surface area contributed by atoms with Crippen molar-refractivity contribution in [1.29, 1.82) is 0 Å². The van der Waals surface area contributed by atoms with Crippen molar-refractivity contribution in [3.63, 3.8) is 0 Å². The Hall–Kier alpha value is -2.67. The molecule has 2 aromatic carbocycles. The Labute approximate surface area is 219 Å². The number of allylic oxidation sites excluding steroid dienone is 1. The first-order valence-corrected chi connectivity index (χ1v) is 13.0. The number of carbonyl (C=O) groups excluding carboxylic acids is 2. The van der Waals surface area contributed by atoms with E-state index in [1.165, 1.54) is 16.7 Å². The van der Waals surface area contributed by atoms with Crippen molar-refractivity contribution in [3.05, 3.63) is 76.4 Å². The first-order chi connectivity index (χ1) is 17.0. The fourth-order valence-electron chi connectivity index (χ4n) is 5.27. The summed E-state index contributed by atoms with van der Waals surface area (Å²) in [4.78, 5) is 29.7. The second kappa shape index (κ2) is 11.6. The highest BCUT2D eigenvalue weighted by atomic mass is 35.5. The molecule has 1 aliphatic carbocycles. The molecule has 6 nitrogen and oxygen atoms in total. The lowest BCUT2D eigenvalue weighted by Gasteiger charge is -2.41. The molecule has 0 spiro atoms. The fourth-order valence-corrected chi connectivity index (χ4v) is 5.53. The van der Waals surface area contributed by atoms with Gasteiger partial charge >= 0.3 is 0 Å². The van der Waals surface area contributed by atoms with Gasteiger partial charge in [-0.2, -0.15) is 0 Å². The number of nitrogens with zero attached hydrogens (tertiary/aromatic N) is 2. The highest BCUT2D eigenvalue weighted by Gasteiger charge is 2.39. The Morgan fingerprint density at radius 3 is 2.53 bits per heavy atom. The molecule has 1 fully saturated rings. The number of hydrogen-bond donors (Lipinski definition) is 2. The summed E-state index contributed by atoms with van der Waals surface area (Å²) in [5, 5.41) is 3.75. The van der Waals surface area contributed by atoms with Crippen molar-refractivity contribution in [3.8, 4) is 0 Å². The third-order valence-corrected chi connectivity index (χ3v) is 7.83. The van der Waals surface area contributed by atoms with Crippen molar-refractivity contribution in [1.82, 2.24) is 15.1 Å². The molecule has 7 heteroatoms. The van der Waals surface area contributed by atoms with Crippen LogP contribution < -0.4 is 11.1 Å². The van der Waals surface area contributed by atoms with E-state index >= 15 is 0 Å². The van der Waals surface area contributed by atoms with Crippen molar-refractivity contribution >= 4 is 28.4 Å². The number of nitrogens with one attached hydrogen (secondary N) is 1. The van der Waals surface area contributed by atoms with Crippen molar-refractivity contribution in [2.24, 2.45) is 5.73 Å². The van der Waals surface area contributed by atoms with Gasteiger partial charge in [0, 0.05) is 31.2 Å². The van der Waals surface area contributed by atoms with Gasteiger partial charge in [-0.05, 0) is 66.1 Å². The van der Waals surface area contributed by atoms with Crippen LogP contribution in [0.1, 0.15) is 60.9 Å². The van der Waals surface area contributed by atoms with E-state index in [-0.39, 0.29) is 19.2 Å². The predicted octanol–water partition coefficient (Wildman–Crippen LogP) is 4.19. The molecular formula is C29H37ClN4O2. The fraction of sp³-hybridized carbons (Fsp3) is 0.448. The topological polar surface area (TPSA) is 78.7 Å². The molecule has 2 heterocycles. The molecule has 2 atom stereocenters. The van der Waals surface area contributed by atoms with Gasteiger partial charge in [0.15, 0.2) is 0 Å². The molecule has 0 unspecified atom stereocenters. The molecule has 3 N–H and O–H groups in total. The summed E-state index contributed by atoms with van der Waals surface area (Å²) in [6.07, 6.45) is 6.10. The summed E-state index contributed by atoms with van der Waals surface area (Å²) in [6, 6.07) is 13.7. The number of carbonyl (C=O) groups is 2. The van der Waals surface area contributed by atoms with Crippen LogP contribution >= 0.6 is 11.6 Å². The van der Waals surface area contributed by atoms with E-state index in [9.17, 15) is 9.59 Å². The van der Waals surface area contributed by atoms with Crippen LogP contribution in [0.2, 0.25) is 0 Å². The first kappa shape index (κ1) is 26.4. The summed E-state index contributed by atoms with van der Waals surface area (Å²) in [6.45, 7) is 4.02. The van der Waals surface area contributed by atoms with E-state index in [2.05, 4.69) is 40.5 Å². The molecule has 192 valence electrons. The maximum Gasteiger partial charge on any atom is 0.243 e. The predicted molar refractivity (Wildman–Crippen MR) is 145 cm³/mol. The second-order valence-corrected chi connectivity index (χ2v) is 10.3. The van der Waals surface area contributed by atoms with Crippen LogP contribution in [-0.4, -0.2) is 46.8 Å². The number of rotatable bonds is 9. The van der Waals surface area contributed by atoms with Gasteiger partial charge in [-0.3, -0.25) is 14.5 Å². The number of nitrogens with two attached hydrogens (primary N) is 1. The molecule has 1 saturated heterocycles. The maximum absolute atomic E-state index is 12.9. The Kier molecular flexibility index (Phi) is 8.50. The largest absolute Gasteiger partial charge is 0.350 e. The van der Waals surface area contributed by atoms with Gasteiger partial charge in [-0.1, -0.05) is 67.9 Å². The van der Waals surface area contributed by atoms with Crippen molar-refractivity contribution in [2.45, 2.75) is 71.2 Å². The van der Waals surface area contributed by atoms with E-state index in [0.717, 1.165) is 55.1 Å². The van der Waals surface area contributed by atoms with Crippen molar-refractivity contribution < 1.29 is 9.59 Å². The molecule has 2 aromatic rings. The molecule has 36 heavy (non-hydrogen) atoms. The van der Waals surface area contributed by atoms with Gasteiger partial charge in [-0.25, -0.2) is 0 Å². The van der Waals surface area contributed by atoms with Crippen LogP contribution in [0.25, 0.3) is 5.03 Å². The third-order valence-electron chi connectivity index (χ3n) is 7.47. The zero-order valence-corrected chi connectivity index (χ0v) is 20.8. The van der Waals surface area contributed by atoms with Gasteiger partial charge < -0.3 is 16.0 Å². The van der Waals surface area contributed by atoms with Gasteiger partial charge in [0.1, 0.15) is 6.04 Å². The molecule has 2 amide bonds. The molecule has 0 radical (unpaired) electrons. The summed E-state index contributed by atoms with van der Waals surface area (Å²) in [5.41, 5.74) is 12.3. The number of halogens is 1. The number of unbranched alkanes of at least 4 members (excludes halogenated alkanes) is 1. The Morgan fingerprint density at radius 2 is 1.83 bits per heavy atom. The van der Waals surface area contributed by atoms with Gasteiger partial charge in [0.05, 0.1) is 6.04 Å². The normalized spacial score (nSPS) is 19.0. The van der Waals surface area contributed by atoms with Crippen LogP contribution in [0.3, 0.4) is 0 Å². The molecule has 3 aliphatic rings. The number of benzene rings is 2. The molecule has 2 aliphatic heterocycles. The van der Waals surface area contributed by atoms with E-state index in [4.69, 9.17) is 17.3 Å². The summed E-state index contributed by atoms with van der Waals surface area (Å²) in [7, 11) is 0. The maximum atomic E-state index is 12.9. The third kappa shape index (κ3) is 5.66. The molecule has 0 saturated carbocycles. The highest BCUT2D eigenvalue weighted by Crippen LogP contribution is 2.31. The number of fused-ring (bicyclic) bond motifs is 2. The van der Waals surface area contributed by atoms with Crippen LogP contribution in [0.4, 0.5) is 0 Å². The summed E-state index contributed by atoms with van der Waals surface area (Å²) < 4.78 is 0. The van der Waals surface area contributed by atoms with Gasteiger partial charge in [0.25, 0.3) is 0 Å². The van der Waals surface area contributed by atoms with Crippen LogP contribution in [0.15, 0.2) is 48.5 Å². The summed E-state index contributed by atoms with van der Waals surface area (Å²) in [5.74, 6) is -0.230. The average molecular weight is 509 g/mol. The molecule has 0 bridgehead atoms. The van der Waals surface area contributed by atoms with Gasteiger partial charge in [0.2, 0.25) is 11.8 Å². The van der Waals surface area contributed by atoms with E-state index in [0.29, 0.717) is 25.9 Å². The number of likely N-dealkylation sites (tertiary alicyclic amines) is 1. The lowest BCUT2D eigenvalue weighted by molar-refractivity contribution is -0.148. The SMILES string of the molecule is C.N[C@H](CCCCN1Cc2ccccc2C1)C(=O)N1CC[C@H]1C(=O)NCc1ccc2c(c1)C(Cl)=CC2. The minimum absolute atomic E-state index is 0. The van der Waals surface area contributed by atoms with Crippen LogP contribution in [0.5, 0.6) is 0 Å². The van der Waals surface area contributed by atoms with Crippen molar-refractivity contribution in [2.75, 3.05) is 13.1 Å². The zero-order valence-electron chi connectivity index (χ0n) is 20.0. The molecule has 5 rings (SSSR count). The minimum Gasteiger partial charge on any atom is -0.350 e. The first-order valence-electron chi connectivity index (χ1n) is 12.6. The summed E-state index contributed by atoms with van der Waals surface area (Å²) >= 11 is 6.26. The number of amides is 2. The van der Waals surface area contributed by atoms with E-state index < -0.39 is 12.1 Å². The minimum atomic E-state index is -0.549. The van der Waals surface area contributed by atoms with Crippen LogP contribution in [-0.2, 0) is 35.6 Å². The average Bonchev–Trinajstić information content (AvgIpc) is 3.42. The van der Waals surface area contributed by atoms with Gasteiger partial charge in [-0.15, -0.1) is 0 Å². The highest BCUT2D eigenvalue weighted by molar-refractivity contribution is 6.49. The zero-order chi connectivity index (χ0) is 24.4. The number of hydrogen-bond acceptors (Lipinski definition) is 4. The Balaban J connectivity index is 0.00000304. The smallest absolute Gasteiger partial charge is 0.243 e. The molecular weight excluding hydrogens is 472 g/mol. The second-order valence-electron chi connectivity index (χ2n) is 9.88. The lowest BCUT2D eigenvalue weighted by atomic mass is 9.98. The quantitative estimate of drug-likeness (QED) is 0.498. The Bertz CT molecular complexity index is 1120. The van der Waals surface area contributed by atoms with E-state index in [1.54, 1.807) is 4.90 Å². The van der Waals surface area contributed by atoms with E-state index in [1.807, 2.05) is 18.2 Å². The molecule has 0 aromatic heterocycles. The lowest BCUT2D eigenvalue weighted by Crippen LogP contribution is -2.61. The standard InChI is InChI=1S/C28H33ClN4O2.CH4/c29-24-11-10-20-9-8-19(15-23(20)24)16-31-27(34)26-12-14-33(26)28(35)25(30)7-3-4-13-32-17-21-5-1-2-6-22(21)18-32;/h1-2,5-6,8-9,11,15,25-26H,3-4,7,10,12-14,16-18,30H2,(H,31,34);1H4/t25-,26+;/m1./s1. The Morgan fingerprint density at radius 1 is 1.08 bits per heavy atom.